The van der Waals surface area contributed by atoms with Crippen LogP contribution in [-0.2, 0) is 11.3 Å². The Hall–Kier alpha value is -2.07. The Balaban J connectivity index is 1.37. The number of nitrogens with zero attached hydrogens (tertiary/aromatic N) is 2. The number of rotatable bonds is 4. The van der Waals surface area contributed by atoms with Crippen LogP contribution in [0.2, 0.25) is 0 Å². The molecule has 132 valence electrons. The molecule has 0 N–H and O–H groups in total. The van der Waals surface area contributed by atoms with E-state index in [4.69, 9.17) is 0 Å². The summed E-state index contributed by atoms with van der Waals surface area (Å²) in [7, 11) is 0. The molecule has 25 heavy (non-hydrogen) atoms. The highest BCUT2D eigenvalue weighted by Crippen LogP contribution is 2.50. The third kappa shape index (κ3) is 3.11. The molecule has 2 unspecified atom stereocenters. The average Bonchev–Trinajstić information content (AvgIpc) is 3.24. The van der Waals surface area contributed by atoms with E-state index in [1.807, 2.05) is 11.0 Å². The number of carbonyl (C=O) groups is 1. The van der Waals surface area contributed by atoms with Gasteiger partial charge in [0.1, 0.15) is 0 Å². The summed E-state index contributed by atoms with van der Waals surface area (Å²) in [5.41, 5.74) is 1.31. The Morgan fingerprint density at radius 3 is 2.32 bits per heavy atom. The molecular weight excluding hydrogens is 312 g/mol. The summed E-state index contributed by atoms with van der Waals surface area (Å²) in [6.45, 7) is 7.84. The Morgan fingerprint density at radius 1 is 1.04 bits per heavy atom. The minimum absolute atomic E-state index is 0.0714. The normalized spacial score (nSPS) is 31.4. The van der Waals surface area contributed by atoms with Gasteiger partial charge in [-0.15, -0.1) is 12.3 Å². The zero-order valence-electron chi connectivity index (χ0n) is 14.5. The van der Waals surface area contributed by atoms with Gasteiger partial charge in [0, 0.05) is 32.7 Å². The van der Waals surface area contributed by atoms with Crippen LogP contribution < -0.4 is 5.11 Å². The van der Waals surface area contributed by atoms with E-state index < -0.39 is 0 Å². The van der Waals surface area contributed by atoms with Crippen molar-refractivity contribution >= 4 is 5.91 Å². The van der Waals surface area contributed by atoms with Crippen LogP contribution in [0.1, 0.15) is 12.0 Å². The van der Waals surface area contributed by atoms with Gasteiger partial charge in [0.15, 0.2) is 0 Å². The fraction of sp³-hybridized carbons (Fsp3) is 0.476. The molecule has 2 bridgehead atoms. The summed E-state index contributed by atoms with van der Waals surface area (Å²) in [6.07, 6.45) is 5.19. The van der Waals surface area contributed by atoms with Gasteiger partial charge in [-0.3, -0.25) is 9.69 Å². The summed E-state index contributed by atoms with van der Waals surface area (Å²) < 4.78 is 0. The molecule has 1 aromatic rings. The summed E-state index contributed by atoms with van der Waals surface area (Å²) >= 11 is 0. The van der Waals surface area contributed by atoms with Crippen LogP contribution >= 0.6 is 0 Å². The van der Waals surface area contributed by atoms with Gasteiger partial charge in [0.05, 0.1) is 5.92 Å². The SMILES string of the molecule is C=C([O-])C1C(C(=O)N2CCN(Cc3ccccc3)CC2)[C@@H]2C=C[C@H]1C2. The number of allylic oxidation sites excluding steroid dienone is 3. The van der Waals surface area contributed by atoms with E-state index >= 15 is 0 Å². The summed E-state index contributed by atoms with van der Waals surface area (Å²) in [5.74, 6) is 0.167. The number of fused-ring (bicyclic) bond motifs is 2. The van der Waals surface area contributed by atoms with Gasteiger partial charge < -0.3 is 10.0 Å². The summed E-state index contributed by atoms with van der Waals surface area (Å²) in [4.78, 5) is 17.4. The topological polar surface area (TPSA) is 46.6 Å². The fourth-order valence-corrected chi connectivity index (χ4v) is 4.78. The standard InChI is InChI=1S/C21H26N2O2/c1-15(24)19-17-7-8-18(13-17)20(19)21(25)23-11-9-22(10-12-23)14-16-5-3-2-4-6-16/h2-8,17-20,24H,1,9-14H2/p-1/t17-,18+,19?,20?/m0/s1. The molecule has 1 aliphatic heterocycles. The predicted molar refractivity (Wildman–Crippen MR) is 95.2 cm³/mol. The maximum Gasteiger partial charge on any atom is 0.226 e. The molecule has 1 aromatic carbocycles. The van der Waals surface area contributed by atoms with Crippen molar-refractivity contribution in [3.8, 4) is 0 Å². The third-order valence-electron chi connectivity index (χ3n) is 6.05. The molecule has 1 heterocycles. The minimum atomic E-state index is -0.204. The van der Waals surface area contributed by atoms with Gasteiger partial charge in [0.2, 0.25) is 5.91 Å². The monoisotopic (exact) mass is 337 g/mol. The maximum atomic E-state index is 13.1. The Bertz CT molecular complexity index is 676. The quantitative estimate of drug-likeness (QED) is 0.620. The average molecular weight is 337 g/mol. The van der Waals surface area contributed by atoms with Crippen LogP contribution in [0, 0.1) is 23.7 Å². The molecule has 0 aromatic heterocycles. The molecule has 2 fully saturated rings. The molecule has 1 saturated carbocycles. The smallest absolute Gasteiger partial charge is 0.226 e. The second-order valence-corrected chi connectivity index (χ2v) is 7.55. The first-order valence-electron chi connectivity index (χ1n) is 9.22. The van der Waals surface area contributed by atoms with Gasteiger partial charge in [-0.25, -0.2) is 0 Å². The lowest BCUT2D eigenvalue weighted by Gasteiger charge is -2.39. The van der Waals surface area contributed by atoms with Crippen LogP contribution in [0.25, 0.3) is 0 Å². The summed E-state index contributed by atoms with van der Waals surface area (Å²) in [5, 5.41) is 12.0. The van der Waals surface area contributed by atoms with Crippen LogP contribution in [0.5, 0.6) is 0 Å². The predicted octanol–water partition coefficient (Wildman–Crippen LogP) is 1.64. The Labute approximate surface area is 149 Å². The van der Waals surface area contributed by atoms with Crippen molar-refractivity contribution < 1.29 is 9.90 Å². The number of hydrogen-bond donors (Lipinski definition) is 0. The zero-order chi connectivity index (χ0) is 17.4. The molecule has 3 aliphatic rings. The Morgan fingerprint density at radius 2 is 1.68 bits per heavy atom. The van der Waals surface area contributed by atoms with E-state index in [0.29, 0.717) is 0 Å². The number of piperazine rings is 1. The first-order valence-corrected chi connectivity index (χ1v) is 9.22. The molecule has 1 amide bonds. The molecule has 2 aliphatic carbocycles. The van der Waals surface area contributed by atoms with Crippen molar-refractivity contribution in [3.63, 3.8) is 0 Å². The number of carbonyl (C=O) groups excluding carboxylic acids is 1. The van der Waals surface area contributed by atoms with Crippen molar-refractivity contribution in [3.05, 3.63) is 60.4 Å². The first kappa shape index (κ1) is 16.4. The largest absolute Gasteiger partial charge is 0.876 e. The van der Waals surface area contributed by atoms with E-state index in [-0.39, 0.29) is 35.3 Å². The van der Waals surface area contributed by atoms with Crippen LogP contribution in [0.15, 0.2) is 54.8 Å². The highest BCUT2D eigenvalue weighted by Gasteiger charge is 2.48. The van der Waals surface area contributed by atoms with Crippen LogP contribution in [0.3, 0.4) is 0 Å². The minimum Gasteiger partial charge on any atom is -0.876 e. The highest BCUT2D eigenvalue weighted by atomic mass is 16.3. The van der Waals surface area contributed by atoms with Crippen LogP contribution in [-0.4, -0.2) is 41.9 Å². The van der Waals surface area contributed by atoms with E-state index in [0.717, 1.165) is 39.1 Å². The molecule has 4 heteroatoms. The van der Waals surface area contributed by atoms with Crippen molar-refractivity contribution in [1.29, 1.82) is 0 Å². The van der Waals surface area contributed by atoms with Crippen molar-refractivity contribution in [1.82, 2.24) is 9.80 Å². The molecule has 4 rings (SSSR count). The van der Waals surface area contributed by atoms with Gasteiger partial charge in [-0.1, -0.05) is 42.5 Å². The zero-order valence-corrected chi connectivity index (χ0v) is 14.5. The molecule has 0 spiro atoms. The lowest BCUT2D eigenvalue weighted by molar-refractivity contribution is -0.317. The fourth-order valence-electron chi connectivity index (χ4n) is 4.78. The number of hydrogen-bond acceptors (Lipinski definition) is 3. The molecule has 4 nitrogen and oxygen atoms in total. The van der Waals surface area contributed by atoms with E-state index in [1.165, 1.54) is 5.56 Å². The van der Waals surface area contributed by atoms with Crippen molar-refractivity contribution in [2.75, 3.05) is 26.2 Å². The molecule has 0 radical (unpaired) electrons. The molecule has 4 atom stereocenters. The van der Waals surface area contributed by atoms with Crippen molar-refractivity contribution in [2.24, 2.45) is 23.7 Å². The lowest BCUT2D eigenvalue weighted by Crippen LogP contribution is -2.51. The molecule has 1 saturated heterocycles. The lowest BCUT2D eigenvalue weighted by atomic mass is 9.81. The molecular formula is C21H25N2O2-. The maximum absolute atomic E-state index is 13.1. The van der Waals surface area contributed by atoms with Gasteiger partial charge >= 0.3 is 0 Å². The van der Waals surface area contributed by atoms with Gasteiger partial charge in [-0.2, -0.15) is 0 Å². The van der Waals surface area contributed by atoms with E-state index in [9.17, 15) is 9.90 Å². The Kier molecular flexibility index (Phi) is 4.38. The van der Waals surface area contributed by atoms with Gasteiger partial charge in [-0.05, 0) is 29.7 Å². The summed E-state index contributed by atoms with van der Waals surface area (Å²) in [6, 6.07) is 10.4. The number of amides is 1. The first-order chi connectivity index (χ1) is 12.1. The van der Waals surface area contributed by atoms with Crippen LogP contribution in [0.4, 0.5) is 0 Å². The van der Waals surface area contributed by atoms with Crippen molar-refractivity contribution in [2.45, 2.75) is 13.0 Å². The number of benzene rings is 1. The highest BCUT2D eigenvalue weighted by molar-refractivity contribution is 5.81. The second kappa shape index (κ2) is 6.68. The van der Waals surface area contributed by atoms with E-state index in [2.05, 4.69) is 47.9 Å². The van der Waals surface area contributed by atoms with E-state index in [1.54, 1.807) is 0 Å². The van der Waals surface area contributed by atoms with Gasteiger partial charge in [0.25, 0.3) is 0 Å². The third-order valence-corrected chi connectivity index (χ3v) is 6.05. The second-order valence-electron chi connectivity index (χ2n) is 7.55.